The van der Waals surface area contributed by atoms with Crippen LogP contribution in [0.1, 0.15) is 13.3 Å². The minimum absolute atomic E-state index is 0.0226. The first kappa shape index (κ1) is 16.8. The van der Waals surface area contributed by atoms with Crippen LogP contribution in [0.15, 0.2) is 24.3 Å². The van der Waals surface area contributed by atoms with Gasteiger partial charge in [0.05, 0.1) is 11.8 Å². The Hall–Kier alpha value is -2.08. The highest BCUT2D eigenvalue weighted by Crippen LogP contribution is 2.41. The molecule has 6 nitrogen and oxygen atoms in total. The van der Waals surface area contributed by atoms with Crippen LogP contribution >= 0.6 is 11.6 Å². The molecule has 0 aromatic heterocycles. The van der Waals surface area contributed by atoms with Crippen molar-refractivity contribution in [2.24, 2.45) is 11.8 Å². The fourth-order valence-corrected chi connectivity index (χ4v) is 3.13. The van der Waals surface area contributed by atoms with Gasteiger partial charge < -0.3 is 15.1 Å². The summed E-state index contributed by atoms with van der Waals surface area (Å²) in [5, 5.41) is 3.43. The molecular weight excluding hydrogens is 330 g/mol. The van der Waals surface area contributed by atoms with Gasteiger partial charge in [-0.3, -0.25) is 14.4 Å². The monoisotopic (exact) mass is 349 g/mol. The third-order valence-corrected chi connectivity index (χ3v) is 4.84. The zero-order valence-corrected chi connectivity index (χ0v) is 14.3. The molecule has 1 saturated heterocycles. The topological polar surface area (TPSA) is 69.7 Å². The average molecular weight is 350 g/mol. The molecular formula is C17H20ClN3O3. The maximum atomic E-state index is 12.5. The lowest BCUT2D eigenvalue weighted by Gasteiger charge is -2.34. The Morgan fingerprint density at radius 1 is 1.00 bits per heavy atom. The van der Waals surface area contributed by atoms with E-state index in [4.69, 9.17) is 11.6 Å². The number of hydrogen-bond donors (Lipinski definition) is 1. The first-order valence-corrected chi connectivity index (χ1v) is 8.44. The van der Waals surface area contributed by atoms with Crippen LogP contribution in [0.5, 0.6) is 0 Å². The third-order valence-electron chi connectivity index (χ3n) is 4.59. The summed E-state index contributed by atoms with van der Waals surface area (Å²) in [6.07, 6.45) is 0.588. The van der Waals surface area contributed by atoms with Crippen molar-refractivity contribution in [3.05, 3.63) is 29.3 Å². The van der Waals surface area contributed by atoms with Gasteiger partial charge in [0.15, 0.2) is 0 Å². The minimum Gasteiger partial charge on any atom is -0.339 e. The van der Waals surface area contributed by atoms with Crippen molar-refractivity contribution in [2.45, 2.75) is 13.3 Å². The second-order valence-corrected chi connectivity index (χ2v) is 6.71. The predicted molar refractivity (Wildman–Crippen MR) is 90.5 cm³/mol. The first-order chi connectivity index (χ1) is 11.5. The van der Waals surface area contributed by atoms with E-state index in [0.29, 0.717) is 43.3 Å². The van der Waals surface area contributed by atoms with E-state index in [0.717, 1.165) is 0 Å². The molecule has 7 heteroatoms. The van der Waals surface area contributed by atoms with Gasteiger partial charge in [-0.2, -0.15) is 0 Å². The van der Waals surface area contributed by atoms with E-state index < -0.39 is 0 Å². The van der Waals surface area contributed by atoms with Crippen LogP contribution in [0.2, 0.25) is 5.02 Å². The minimum atomic E-state index is -0.265. The Morgan fingerprint density at radius 2 is 1.58 bits per heavy atom. The molecule has 0 bridgehead atoms. The molecule has 1 saturated carbocycles. The first-order valence-electron chi connectivity index (χ1n) is 8.06. The summed E-state index contributed by atoms with van der Waals surface area (Å²) in [4.78, 5) is 39.5. The summed E-state index contributed by atoms with van der Waals surface area (Å²) in [5.41, 5.74) is 0.678. The van der Waals surface area contributed by atoms with Crippen LogP contribution in [0, 0.1) is 11.8 Å². The van der Waals surface area contributed by atoms with Crippen LogP contribution in [0.25, 0.3) is 0 Å². The van der Waals surface area contributed by atoms with Crippen molar-refractivity contribution in [3.8, 4) is 0 Å². The van der Waals surface area contributed by atoms with E-state index in [2.05, 4.69) is 5.32 Å². The van der Waals surface area contributed by atoms with Gasteiger partial charge in [-0.25, -0.2) is 0 Å². The zero-order chi connectivity index (χ0) is 17.3. The maximum Gasteiger partial charge on any atom is 0.228 e. The Bertz CT molecular complexity index is 654. The Labute approximate surface area is 145 Å². The number of hydrogen-bond acceptors (Lipinski definition) is 3. The molecule has 3 amide bonds. The van der Waals surface area contributed by atoms with Gasteiger partial charge in [-0.15, -0.1) is 0 Å². The second-order valence-electron chi connectivity index (χ2n) is 6.28. The van der Waals surface area contributed by atoms with Crippen molar-refractivity contribution in [3.63, 3.8) is 0 Å². The molecule has 1 aromatic rings. The second kappa shape index (κ2) is 6.81. The van der Waals surface area contributed by atoms with Gasteiger partial charge in [0.25, 0.3) is 0 Å². The number of carbonyl (C=O) groups excluding carboxylic acids is 3. The van der Waals surface area contributed by atoms with E-state index in [1.54, 1.807) is 34.1 Å². The van der Waals surface area contributed by atoms with Crippen molar-refractivity contribution in [1.82, 2.24) is 9.80 Å². The molecule has 1 N–H and O–H groups in total. The number of benzene rings is 1. The fraction of sp³-hybridized carbons (Fsp3) is 0.471. The van der Waals surface area contributed by atoms with Crippen LogP contribution < -0.4 is 5.32 Å². The lowest BCUT2D eigenvalue weighted by Crippen LogP contribution is -2.50. The SMILES string of the molecule is CC(=O)N1CCN(C(=O)C2CC2C(=O)Nc2ccc(Cl)cc2)CC1. The Morgan fingerprint density at radius 3 is 2.17 bits per heavy atom. The summed E-state index contributed by atoms with van der Waals surface area (Å²) < 4.78 is 0. The number of piperazine rings is 1. The van der Waals surface area contributed by atoms with Gasteiger partial charge in [0.2, 0.25) is 17.7 Å². The zero-order valence-electron chi connectivity index (χ0n) is 13.5. The number of carbonyl (C=O) groups is 3. The summed E-state index contributed by atoms with van der Waals surface area (Å²) in [6.45, 7) is 3.75. The van der Waals surface area contributed by atoms with Gasteiger partial charge in [-0.05, 0) is 30.7 Å². The molecule has 3 rings (SSSR count). The quantitative estimate of drug-likeness (QED) is 0.901. The normalized spacial score (nSPS) is 22.9. The number of nitrogens with zero attached hydrogens (tertiary/aromatic N) is 2. The van der Waals surface area contributed by atoms with Gasteiger partial charge in [0.1, 0.15) is 0 Å². The predicted octanol–water partition coefficient (Wildman–Crippen LogP) is 1.61. The summed E-state index contributed by atoms with van der Waals surface area (Å²) in [6, 6.07) is 6.89. The highest BCUT2D eigenvalue weighted by molar-refractivity contribution is 6.30. The molecule has 24 heavy (non-hydrogen) atoms. The van der Waals surface area contributed by atoms with E-state index in [-0.39, 0.29) is 29.6 Å². The van der Waals surface area contributed by atoms with E-state index in [1.807, 2.05) is 0 Å². The molecule has 1 aliphatic carbocycles. The summed E-state index contributed by atoms with van der Waals surface area (Å²) >= 11 is 5.82. The number of rotatable bonds is 3. The molecule has 1 aromatic carbocycles. The molecule has 2 unspecified atom stereocenters. The van der Waals surface area contributed by atoms with E-state index in [1.165, 1.54) is 6.92 Å². The molecule has 0 spiro atoms. The number of anilines is 1. The van der Waals surface area contributed by atoms with Crippen molar-refractivity contribution in [1.29, 1.82) is 0 Å². The number of halogens is 1. The van der Waals surface area contributed by atoms with Gasteiger partial charge in [0, 0.05) is 43.8 Å². The smallest absolute Gasteiger partial charge is 0.228 e. The standard InChI is InChI=1S/C17H20ClN3O3/c1-11(22)20-6-8-21(9-7-20)17(24)15-10-14(15)16(23)19-13-4-2-12(18)3-5-13/h2-5,14-15H,6-10H2,1H3,(H,19,23). The molecule has 2 atom stereocenters. The molecule has 1 heterocycles. The van der Waals surface area contributed by atoms with Crippen LogP contribution in [0.3, 0.4) is 0 Å². The fourth-order valence-electron chi connectivity index (χ4n) is 3.00. The number of nitrogens with one attached hydrogen (secondary N) is 1. The van der Waals surface area contributed by atoms with Crippen LogP contribution in [-0.4, -0.2) is 53.7 Å². The maximum absolute atomic E-state index is 12.5. The Balaban J connectivity index is 1.49. The van der Waals surface area contributed by atoms with Crippen molar-refractivity contribution >= 4 is 35.0 Å². The number of amides is 3. The average Bonchev–Trinajstić information content (AvgIpc) is 3.37. The van der Waals surface area contributed by atoms with E-state index >= 15 is 0 Å². The van der Waals surface area contributed by atoms with Crippen molar-refractivity contribution in [2.75, 3.05) is 31.5 Å². The highest BCUT2D eigenvalue weighted by Gasteiger charge is 2.49. The summed E-state index contributed by atoms with van der Waals surface area (Å²) in [7, 11) is 0. The lowest BCUT2D eigenvalue weighted by atomic mass is 10.2. The van der Waals surface area contributed by atoms with Gasteiger partial charge >= 0.3 is 0 Å². The third kappa shape index (κ3) is 3.70. The molecule has 1 aliphatic heterocycles. The molecule has 2 fully saturated rings. The highest BCUT2D eigenvalue weighted by atomic mass is 35.5. The lowest BCUT2D eigenvalue weighted by molar-refractivity contribution is -0.139. The van der Waals surface area contributed by atoms with Crippen LogP contribution in [0.4, 0.5) is 5.69 Å². The van der Waals surface area contributed by atoms with E-state index in [9.17, 15) is 14.4 Å². The molecule has 128 valence electrons. The molecule has 2 aliphatic rings. The largest absolute Gasteiger partial charge is 0.339 e. The molecule has 0 radical (unpaired) electrons. The summed E-state index contributed by atoms with van der Waals surface area (Å²) in [5.74, 6) is -0.568. The van der Waals surface area contributed by atoms with Crippen LogP contribution in [-0.2, 0) is 14.4 Å². The van der Waals surface area contributed by atoms with Gasteiger partial charge in [-0.1, -0.05) is 11.6 Å². The van der Waals surface area contributed by atoms with Crippen molar-refractivity contribution < 1.29 is 14.4 Å². The Kier molecular flexibility index (Phi) is 4.76.